The molecule has 138 valence electrons. The van der Waals surface area contributed by atoms with Crippen LogP contribution in [0.4, 0.5) is 4.39 Å². The van der Waals surface area contributed by atoms with Crippen molar-refractivity contribution in [2.24, 2.45) is 23.5 Å². The fraction of sp³-hybridized carbons (Fsp3) is 0.571. The molecule has 4 aliphatic carbocycles. The topological polar surface area (TPSA) is 61.3 Å². The van der Waals surface area contributed by atoms with Crippen molar-refractivity contribution in [3.63, 3.8) is 0 Å². The summed E-state index contributed by atoms with van der Waals surface area (Å²) in [5, 5.41) is 0. The first-order valence-corrected chi connectivity index (χ1v) is 9.69. The van der Waals surface area contributed by atoms with Crippen molar-refractivity contribution in [1.82, 2.24) is 4.98 Å². The van der Waals surface area contributed by atoms with E-state index in [2.05, 4.69) is 0 Å². The van der Waals surface area contributed by atoms with Crippen LogP contribution in [0.25, 0.3) is 11.1 Å². The summed E-state index contributed by atoms with van der Waals surface area (Å²) in [6, 6.07) is 5.65. The maximum atomic E-state index is 12.6. The van der Waals surface area contributed by atoms with E-state index in [1.165, 1.54) is 38.5 Å². The number of rotatable bonds is 5. The Bertz CT molecular complexity index is 822. The Kier molecular flexibility index (Phi) is 3.82. The van der Waals surface area contributed by atoms with E-state index < -0.39 is 0 Å². The molecule has 4 saturated carbocycles. The second-order valence-electron chi connectivity index (χ2n) is 8.61. The Morgan fingerprint density at radius 2 is 1.92 bits per heavy atom. The normalized spacial score (nSPS) is 33.2. The Labute approximate surface area is 152 Å². The van der Waals surface area contributed by atoms with Crippen LogP contribution in [0.15, 0.2) is 34.5 Å². The summed E-state index contributed by atoms with van der Waals surface area (Å²) in [6.45, 7) is 0.297. The van der Waals surface area contributed by atoms with E-state index in [1.807, 2.05) is 18.2 Å². The summed E-state index contributed by atoms with van der Waals surface area (Å²) in [5.74, 6) is 4.15. The van der Waals surface area contributed by atoms with Gasteiger partial charge in [0.25, 0.3) is 0 Å². The summed E-state index contributed by atoms with van der Waals surface area (Å²) in [5.41, 5.74) is 7.68. The lowest BCUT2D eigenvalue weighted by Crippen LogP contribution is -2.48. The van der Waals surface area contributed by atoms with Crippen LogP contribution in [0.2, 0.25) is 0 Å². The largest absolute Gasteiger partial charge is 0.489 e. The fourth-order valence-corrected chi connectivity index (χ4v) is 5.91. The standard InChI is InChI=1S/C21H25FN2O2/c22-10-16(11-23)12-25-17-1-2-18-19(6-17)26-20(24-18)21-7-13-3-14(8-21)5-15(4-13)9-21/h1-2,6,10,13-15H,3-5,7-9,11-12,23H2/b16-10+. The molecule has 2 aromatic rings. The van der Waals surface area contributed by atoms with Crippen LogP contribution in [-0.2, 0) is 5.41 Å². The van der Waals surface area contributed by atoms with Gasteiger partial charge < -0.3 is 14.9 Å². The molecule has 0 unspecified atom stereocenters. The van der Waals surface area contributed by atoms with Gasteiger partial charge >= 0.3 is 0 Å². The molecular formula is C21H25FN2O2. The molecule has 4 fully saturated rings. The van der Waals surface area contributed by atoms with Gasteiger partial charge in [0.1, 0.15) is 17.9 Å². The molecule has 0 spiro atoms. The number of nitrogens with two attached hydrogens (primary N) is 1. The lowest BCUT2D eigenvalue weighted by molar-refractivity contribution is -0.0170. The first-order valence-electron chi connectivity index (χ1n) is 9.69. The molecule has 26 heavy (non-hydrogen) atoms. The minimum atomic E-state index is 0.147. The Morgan fingerprint density at radius 1 is 1.23 bits per heavy atom. The van der Waals surface area contributed by atoms with E-state index in [9.17, 15) is 4.39 Å². The molecular weight excluding hydrogens is 331 g/mol. The minimum Gasteiger partial charge on any atom is -0.489 e. The van der Waals surface area contributed by atoms with Gasteiger partial charge in [-0.3, -0.25) is 0 Å². The molecule has 0 saturated heterocycles. The molecule has 0 radical (unpaired) electrons. The van der Waals surface area contributed by atoms with E-state index in [0.29, 0.717) is 17.7 Å². The van der Waals surface area contributed by atoms with E-state index in [1.54, 1.807) is 0 Å². The smallest absolute Gasteiger partial charge is 0.201 e. The second-order valence-corrected chi connectivity index (χ2v) is 8.61. The van der Waals surface area contributed by atoms with E-state index in [4.69, 9.17) is 19.9 Å². The van der Waals surface area contributed by atoms with Crippen LogP contribution in [0, 0.1) is 17.8 Å². The van der Waals surface area contributed by atoms with Gasteiger partial charge in [0, 0.05) is 23.6 Å². The number of benzene rings is 1. The molecule has 1 aromatic carbocycles. The van der Waals surface area contributed by atoms with Gasteiger partial charge in [-0.1, -0.05) is 0 Å². The monoisotopic (exact) mass is 356 g/mol. The van der Waals surface area contributed by atoms with E-state index in [-0.39, 0.29) is 18.6 Å². The van der Waals surface area contributed by atoms with Gasteiger partial charge in [-0.15, -0.1) is 0 Å². The predicted octanol–water partition coefficient (Wildman–Crippen LogP) is 4.49. The molecule has 5 heteroatoms. The third-order valence-electron chi connectivity index (χ3n) is 6.69. The number of hydrogen-bond donors (Lipinski definition) is 1. The lowest BCUT2D eigenvalue weighted by atomic mass is 9.49. The average molecular weight is 356 g/mol. The number of halogens is 1. The first-order chi connectivity index (χ1) is 12.7. The Balaban J connectivity index is 1.42. The SMILES string of the molecule is NC/C(=C\F)COc1ccc2nc(C34CC5CC(CC(C5)C3)C4)oc2c1. The quantitative estimate of drug-likeness (QED) is 0.858. The van der Waals surface area contributed by atoms with Gasteiger partial charge in [0.05, 0.1) is 6.33 Å². The van der Waals surface area contributed by atoms with Crippen molar-refractivity contribution in [1.29, 1.82) is 0 Å². The van der Waals surface area contributed by atoms with Crippen molar-refractivity contribution >= 4 is 11.1 Å². The molecule has 6 rings (SSSR count). The molecule has 1 heterocycles. The van der Waals surface area contributed by atoms with Crippen LogP contribution < -0.4 is 10.5 Å². The van der Waals surface area contributed by atoms with Crippen molar-refractivity contribution in [3.8, 4) is 5.75 Å². The Morgan fingerprint density at radius 3 is 2.54 bits per heavy atom. The predicted molar refractivity (Wildman–Crippen MR) is 97.6 cm³/mol. The van der Waals surface area contributed by atoms with Crippen LogP contribution >= 0.6 is 0 Å². The van der Waals surface area contributed by atoms with Crippen LogP contribution in [-0.4, -0.2) is 18.1 Å². The molecule has 0 atom stereocenters. The number of aromatic nitrogens is 1. The number of oxazole rings is 1. The molecule has 0 amide bonds. The van der Waals surface area contributed by atoms with E-state index >= 15 is 0 Å². The highest BCUT2D eigenvalue weighted by atomic mass is 19.1. The van der Waals surface area contributed by atoms with Gasteiger partial charge in [-0.25, -0.2) is 9.37 Å². The van der Waals surface area contributed by atoms with Gasteiger partial charge in [-0.05, 0) is 68.4 Å². The zero-order valence-electron chi connectivity index (χ0n) is 14.9. The van der Waals surface area contributed by atoms with Crippen molar-refractivity contribution in [3.05, 3.63) is 36.0 Å². The highest BCUT2D eigenvalue weighted by molar-refractivity contribution is 5.74. The van der Waals surface area contributed by atoms with E-state index in [0.717, 1.165) is 34.7 Å². The molecule has 1 aromatic heterocycles. The minimum absolute atomic E-state index is 0.147. The summed E-state index contributed by atoms with van der Waals surface area (Å²) >= 11 is 0. The van der Waals surface area contributed by atoms with Crippen molar-refractivity contribution < 1.29 is 13.5 Å². The first kappa shape index (κ1) is 16.3. The summed E-state index contributed by atoms with van der Waals surface area (Å²) in [7, 11) is 0. The zero-order valence-corrected chi connectivity index (χ0v) is 14.9. The molecule has 0 aliphatic heterocycles. The molecule has 4 nitrogen and oxygen atoms in total. The molecule has 4 bridgehead atoms. The number of ether oxygens (including phenoxy) is 1. The second kappa shape index (κ2) is 6.08. The fourth-order valence-electron chi connectivity index (χ4n) is 5.91. The highest BCUT2D eigenvalue weighted by Gasteiger charge is 2.54. The average Bonchev–Trinajstić information content (AvgIpc) is 3.06. The van der Waals surface area contributed by atoms with Crippen LogP contribution in [0.1, 0.15) is 44.4 Å². The van der Waals surface area contributed by atoms with Gasteiger partial charge in [-0.2, -0.15) is 0 Å². The zero-order chi connectivity index (χ0) is 17.7. The third-order valence-corrected chi connectivity index (χ3v) is 6.69. The Hall–Kier alpha value is -1.88. The van der Waals surface area contributed by atoms with Crippen LogP contribution in [0.3, 0.4) is 0 Å². The van der Waals surface area contributed by atoms with Crippen LogP contribution in [0.5, 0.6) is 5.75 Å². The summed E-state index contributed by atoms with van der Waals surface area (Å²) in [6.07, 6.45) is 8.43. The maximum Gasteiger partial charge on any atom is 0.201 e. The molecule has 4 aliphatic rings. The number of hydrogen-bond acceptors (Lipinski definition) is 4. The number of fused-ring (bicyclic) bond motifs is 1. The van der Waals surface area contributed by atoms with Crippen molar-refractivity contribution in [2.75, 3.05) is 13.2 Å². The lowest BCUT2D eigenvalue weighted by Gasteiger charge is -2.55. The summed E-state index contributed by atoms with van der Waals surface area (Å²) in [4.78, 5) is 4.86. The van der Waals surface area contributed by atoms with Gasteiger partial charge in [0.2, 0.25) is 5.89 Å². The number of nitrogens with zero attached hydrogens (tertiary/aromatic N) is 1. The highest BCUT2D eigenvalue weighted by Crippen LogP contribution is 2.60. The van der Waals surface area contributed by atoms with Crippen molar-refractivity contribution in [2.45, 2.75) is 43.9 Å². The summed E-state index contributed by atoms with van der Waals surface area (Å²) < 4.78 is 24.5. The third kappa shape index (κ3) is 2.64. The molecule has 2 N–H and O–H groups in total. The van der Waals surface area contributed by atoms with Gasteiger partial charge in [0.15, 0.2) is 5.58 Å². The maximum absolute atomic E-state index is 12.6.